The lowest BCUT2D eigenvalue weighted by Crippen LogP contribution is -1.58. The quantitative estimate of drug-likeness (QED) is 0.486. The van der Waals surface area contributed by atoms with E-state index in [1.165, 1.54) is 33.7 Å². The summed E-state index contributed by atoms with van der Waals surface area (Å²) in [5.41, 5.74) is 0. The molecule has 0 aliphatic carbocycles. The molecule has 2 heteroatoms. The fourth-order valence-corrected chi connectivity index (χ4v) is 1.87. The van der Waals surface area contributed by atoms with E-state index in [2.05, 4.69) is 0 Å². The van der Waals surface area contributed by atoms with Gasteiger partial charge in [-0.15, -0.1) is 25.6 Å². The number of rotatable bonds is 0. The van der Waals surface area contributed by atoms with Crippen LogP contribution in [-0.2, 0) is 0 Å². The zero-order valence-electron chi connectivity index (χ0n) is 3.74. The first-order valence-electron chi connectivity index (χ1n) is 2.21. The summed E-state index contributed by atoms with van der Waals surface area (Å²) in [5, 5.41) is 0. The summed E-state index contributed by atoms with van der Waals surface area (Å²) in [4.78, 5) is 0. The van der Waals surface area contributed by atoms with Crippen LogP contribution in [0.25, 0.3) is 0 Å². The van der Waals surface area contributed by atoms with Crippen LogP contribution in [0, 0.1) is 0 Å². The van der Waals surface area contributed by atoms with Gasteiger partial charge in [-0.05, 0) is 25.2 Å². The Labute approximate surface area is 51.3 Å². The van der Waals surface area contributed by atoms with E-state index in [4.69, 9.17) is 0 Å². The zero-order chi connectivity index (χ0) is 3.54. The topological polar surface area (TPSA) is 0 Å². The van der Waals surface area contributed by atoms with Gasteiger partial charge >= 0.3 is 0 Å². The molecule has 38 valence electrons. The Kier molecular flexibility index (Phi) is 4.70. The molecule has 1 saturated heterocycles. The molecule has 1 aliphatic heterocycles. The van der Waals surface area contributed by atoms with E-state index in [0.717, 1.165) is 0 Å². The van der Waals surface area contributed by atoms with Gasteiger partial charge in [-0.1, -0.05) is 0 Å². The highest BCUT2D eigenvalue weighted by Gasteiger charge is 1.94. The molecule has 1 fully saturated rings. The van der Waals surface area contributed by atoms with Crippen LogP contribution in [0.15, 0.2) is 0 Å². The van der Waals surface area contributed by atoms with E-state index in [9.17, 15) is 0 Å². The SMILES string of the molecule is Br.C1CCPC1. The van der Waals surface area contributed by atoms with Gasteiger partial charge in [-0.3, -0.25) is 0 Å². The van der Waals surface area contributed by atoms with Gasteiger partial charge in [0.2, 0.25) is 0 Å². The number of hydrogen-bond acceptors (Lipinski definition) is 0. The maximum atomic E-state index is 1.53. The van der Waals surface area contributed by atoms with Crippen LogP contribution in [0.5, 0.6) is 0 Å². The van der Waals surface area contributed by atoms with Crippen LogP contribution in [0.1, 0.15) is 12.8 Å². The van der Waals surface area contributed by atoms with Gasteiger partial charge in [-0.25, -0.2) is 0 Å². The largest absolute Gasteiger partial charge is 0.122 e. The second kappa shape index (κ2) is 4.08. The number of halogens is 1. The third-order valence-electron chi connectivity index (χ3n) is 0.957. The molecular weight excluding hydrogens is 159 g/mol. The first kappa shape index (κ1) is 6.91. The highest BCUT2D eigenvalue weighted by Crippen LogP contribution is 2.21. The average molecular weight is 169 g/mol. The van der Waals surface area contributed by atoms with E-state index in [-0.39, 0.29) is 17.0 Å². The van der Waals surface area contributed by atoms with Gasteiger partial charge in [0.25, 0.3) is 0 Å². The average Bonchev–Trinajstić information content (AvgIpc) is 1.76. The molecule has 1 rings (SSSR count). The molecule has 0 aromatic rings. The molecule has 0 saturated carbocycles. The molecule has 0 aromatic carbocycles. The third kappa shape index (κ3) is 2.15. The van der Waals surface area contributed by atoms with Crippen molar-refractivity contribution >= 4 is 25.6 Å². The Morgan fingerprint density at radius 2 is 1.50 bits per heavy atom. The highest BCUT2D eigenvalue weighted by molar-refractivity contribution is 8.93. The predicted octanol–water partition coefficient (Wildman–Crippen LogP) is 2.04. The molecule has 0 atom stereocenters. The van der Waals surface area contributed by atoms with Gasteiger partial charge in [-0.2, -0.15) is 0 Å². The Balaban J connectivity index is 0.000000250. The molecular formula is C4H10BrP. The van der Waals surface area contributed by atoms with Crippen LogP contribution in [-0.4, -0.2) is 12.3 Å². The zero-order valence-corrected chi connectivity index (χ0v) is 6.45. The van der Waals surface area contributed by atoms with E-state index in [1.54, 1.807) is 0 Å². The standard InChI is InChI=1S/C4H9P.BrH/c1-2-4-5-3-1;/h5H,1-4H2;1H. The van der Waals surface area contributed by atoms with Crippen LogP contribution < -0.4 is 0 Å². The fourth-order valence-electron chi connectivity index (χ4n) is 0.625. The van der Waals surface area contributed by atoms with Crippen molar-refractivity contribution in [3.63, 3.8) is 0 Å². The van der Waals surface area contributed by atoms with Crippen molar-refractivity contribution in [3.05, 3.63) is 0 Å². The summed E-state index contributed by atoms with van der Waals surface area (Å²) in [6, 6.07) is 0. The minimum Gasteiger partial charge on any atom is -0.122 e. The Bertz CT molecular complexity index is 19.1. The normalized spacial score (nSPS) is 20.0. The van der Waals surface area contributed by atoms with Crippen LogP contribution in [0.3, 0.4) is 0 Å². The lowest BCUT2D eigenvalue weighted by molar-refractivity contribution is 0.949. The maximum absolute atomic E-state index is 1.53. The highest BCUT2D eigenvalue weighted by atomic mass is 79.9. The van der Waals surface area contributed by atoms with Gasteiger partial charge in [0, 0.05) is 0 Å². The summed E-state index contributed by atoms with van der Waals surface area (Å²) < 4.78 is 0. The van der Waals surface area contributed by atoms with Crippen molar-refractivity contribution in [1.29, 1.82) is 0 Å². The van der Waals surface area contributed by atoms with Crippen molar-refractivity contribution in [2.45, 2.75) is 12.8 Å². The van der Waals surface area contributed by atoms with Crippen molar-refractivity contribution in [3.8, 4) is 0 Å². The molecule has 0 N–H and O–H groups in total. The number of hydrogen-bond donors (Lipinski definition) is 0. The van der Waals surface area contributed by atoms with Gasteiger partial charge < -0.3 is 0 Å². The minimum absolute atomic E-state index is 0. The summed E-state index contributed by atoms with van der Waals surface area (Å²) in [5.74, 6) is 0. The summed E-state index contributed by atoms with van der Waals surface area (Å²) in [6.45, 7) is 0. The molecule has 0 amide bonds. The second-order valence-electron chi connectivity index (χ2n) is 1.46. The molecule has 1 heterocycles. The van der Waals surface area contributed by atoms with E-state index >= 15 is 0 Å². The smallest absolute Gasteiger partial charge is 0.0353 e. The molecule has 0 nitrogen and oxygen atoms in total. The van der Waals surface area contributed by atoms with Crippen molar-refractivity contribution < 1.29 is 0 Å². The Morgan fingerprint density at radius 1 is 1.00 bits per heavy atom. The third-order valence-corrected chi connectivity index (χ3v) is 2.37. The van der Waals surface area contributed by atoms with Crippen molar-refractivity contribution in [2.75, 3.05) is 12.3 Å². The van der Waals surface area contributed by atoms with Crippen LogP contribution in [0.4, 0.5) is 0 Å². The summed E-state index contributed by atoms with van der Waals surface area (Å²) in [6.07, 6.45) is 6.08. The van der Waals surface area contributed by atoms with Gasteiger partial charge in [0.15, 0.2) is 0 Å². The van der Waals surface area contributed by atoms with Crippen molar-refractivity contribution in [2.24, 2.45) is 0 Å². The van der Waals surface area contributed by atoms with Gasteiger partial charge in [0.1, 0.15) is 0 Å². The van der Waals surface area contributed by atoms with E-state index in [1.807, 2.05) is 0 Å². The van der Waals surface area contributed by atoms with Crippen LogP contribution in [0.2, 0.25) is 0 Å². The molecule has 0 aromatic heterocycles. The van der Waals surface area contributed by atoms with Crippen molar-refractivity contribution in [1.82, 2.24) is 0 Å². The first-order valence-corrected chi connectivity index (χ1v) is 3.62. The first-order chi connectivity index (χ1) is 2.50. The molecule has 0 spiro atoms. The predicted molar refractivity (Wildman–Crippen MR) is 37.6 cm³/mol. The lowest BCUT2D eigenvalue weighted by Gasteiger charge is -1.69. The monoisotopic (exact) mass is 168 g/mol. The fraction of sp³-hybridized carbons (Fsp3) is 1.00. The minimum atomic E-state index is 0. The maximum Gasteiger partial charge on any atom is -0.0353 e. The Hall–Kier alpha value is 0.910. The summed E-state index contributed by atoms with van der Waals surface area (Å²) >= 11 is 0. The molecule has 0 radical (unpaired) electrons. The molecule has 0 bridgehead atoms. The molecule has 1 aliphatic rings. The van der Waals surface area contributed by atoms with E-state index in [0.29, 0.717) is 0 Å². The summed E-state index contributed by atoms with van der Waals surface area (Å²) in [7, 11) is 1.31. The second-order valence-corrected chi connectivity index (χ2v) is 2.96. The molecule has 0 unspecified atom stereocenters. The van der Waals surface area contributed by atoms with E-state index < -0.39 is 0 Å². The Morgan fingerprint density at radius 3 is 1.67 bits per heavy atom. The van der Waals surface area contributed by atoms with Gasteiger partial charge in [0.05, 0.1) is 0 Å². The van der Waals surface area contributed by atoms with Crippen LogP contribution >= 0.6 is 25.6 Å². The lowest BCUT2D eigenvalue weighted by atomic mass is 10.4. The molecule has 6 heavy (non-hydrogen) atoms.